The number of amides is 2. The smallest absolute Gasteiger partial charge is 0.427 e. The van der Waals surface area contributed by atoms with Gasteiger partial charge in [0.15, 0.2) is 5.76 Å². The van der Waals surface area contributed by atoms with E-state index >= 15 is 0 Å². The van der Waals surface area contributed by atoms with Gasteiger partial charge in [-0.15, -0.1) is 11.3 Å². The zero-order valence-electron chi connectivity index (χ0n) is 11.9. The van der Waals surface area contributed by atoms with Gasteiger partial charge in [0.25, 0.3) is 0 Å². The number of allylic oxidation sites excluding steroid dienone is 1. The van der Waals surface area contributed by atoms with Crippen molar-refractivity contribution in [2.24, 2.45) is 0 Å². The number of imide groups is 1. The monoisotopic (exact) mass is 347 g/mol. The molecule has 0 atom stereocenters. The summed E-state index contributed by atoms with van der Waals surface area (Å²) in [6.45, 7) is 3.16. The van der Waals surface area contributed by atoms with Gasteiger partial charge in [-0.2, -0.15) is 4.39 Å². The Morgan fingerprint density at radius 3 is 2.55 bits per heavy atom. The fourth-order valence-corrected chi connectivity index (χ4v) is 3.08. The Hall–Kier alpha value is -1.93. The van der Waals surface area contributed by atoms with Gasteiger partial charge < -0.3 is 9.47 Å². The third-order valence-corrected chi connectivity index (χ3v) is 4.32. The minimum absolute atomic E-state index is 0.160. The number of hydrogen-bond acceptors (Lipinski definition) is 6. The number of thiophene rings is 1. The van der Waals surface area contributed by atoms with Crippen molar-refractivity contribution in [2.45, 2.75) is 20.3 Å². The van der Waals surface area contributed by atoms with Crippen molar-refractivity contribution < 1.29 is 28.2 Å². The number of rotatable bonds is 3. The van der Waals surface area contributed by atoms with Gasteiger partial charge >= 0.3 is 18.0 Å². The Morgan fingerprint density at radius 1 is 1.41 bits per heavy atom. The third kappa shape index (κ3) is 2.71. The fraction of sp³-hybridized carbons (Fsp3) is 0.308. The minimum Gasteiger partial charge on any atom is -0.469 e. The fourth-order valence-electron chi connectivity index (χ4n) is 1.79. The molecule has 2 amide bonds. The maximum absolute atomic E-state index is 14.1. The molecular weight excluding hydrogens is 337 g/mol. The normalized spacial score (nSPS) is 14.4. The third-order valence-electron chi connectivity index (χ3n) is 2.83. The Kier molecular flexibility index (Phi) is 4.52. The van der Waals surface area contributed by atoms with Crippen molar-refractivity contribution in [1.82, 2.24) is 0 Å². The van der Waals surface area contributed by atoms with Gasteiger partial charge in [-0.1, -0.05) is 11.6 Å². The Bertz CT molecular complexity index is 708. The van der Waals surface area contributed by atoms with Crippen LogP contribution in [-0.4, -0.2) is 25.1 Å². The molecule has 2 rings (SSSR count). The largest absolute Gasteiger partial charge is 0.469 e. The second-order valence-electron chi connectivity index (χ2n) is 4.55. The van der Waals surface area contributed by atoms with Crippen LogP contribution < -0.4 is 4.90 Å². The van der Waals surface area contributed by atoms with Crippen LogP contribution in [0.25, 0.3) is 0 Å². The molecule has 1 fully saturated rings. The minimum atomic E-state index is -1.04. The lowest BCUT2D eigenvalue weighted by molar-refractivity contribution is -0.139. The molecule has 9 heteroatoms. The van der Waals surface area contributed by atoms with E-state index in [1.54, 1.807) is 13.8 Å². The van der Waals surface area contributed by atoms with Gasteiger partial charge in [0.1, 0.15) is 5.69 Å². The highest BCUT2D eigenvalue weighted by Crippen LogP contribution is 2.41. The molecule has 0 saturated carbocycles. The van der Waals surface area contributed by atoms with E-state index in [2.05, 4.69) is 4.74 Å². The molecule has 2 heterocycles. The van der Waals surface area contributed by atoms with Crippen LogP contribution >= 0.6 is 22.9 Å². The molecule has 1 saturated heterocycles. The van der Waals surface area contributed by atoms with Crippen LogP contribution in [0, 0.1) is 5.13 Å². The second-order valence-corrected chi connectivity index (χ2v) is 5.99. The Labute approximate surface area is 134 Å². The maximum atomic E-state index is 14.1. The molecule has 0 radical (unpaired) electrons. The van der Waals surface area contributed by atoms with Crippen LogP contribution in [0.4, 0.5) is 14.9 Å². The predicted octanol–water partition coefficient (Wildman–Crippen LogP) is 3.03. The molecule has 118 valence electrons. The van der Waals surface area contributed by atoms with Crippen LogP contribution in [0.1, 0.15) is 18.7 Å². The molecular formula is C13H11ClFNO5S. The molecule has 1 aliphatic rings. The van der Waals surface area contributed by atoms with E-state index < -0.39 is 28.8 Å². The standard InChI is InChI=1S/C13H11ClFNO5S/c1-5(2)10-12(18)16(13(19)21-10)9-8(14)6(22-11(9)15)4-7(17)20-3/h4H2,1-3H3. The lowest BCUT2D eigenvalue weighted by atomic mass is 10.2. The van der Waals surface area contributed by atoms with Gasteiger partial charge in [-0.05, 0) is 19.4 Å². The van der Waals surface area contributed by atoms with Crippen LogP contribution in [-0.2, 0) is 25.5 Å². The highest BCUT2D eigenvalue weighted by Gasteiger charge is 2.42. The molecule has 0 spiro atoms. The van der Waals surface area contributed by atoms with Gasteiger partial charge in [-0.3, -0.25) is 9.59 Å². The molecule has 0 aromatic carbocycles. The van der Waals surface area contributed by atoms with Gasteiger partial charge in [0.05, 0.1) is 18.6 Å². The molecule has 1 aromatic heterocycles. The summed E-state index contributed by atoms with van der Waals surface area (Å²) >= 11 is 6.58. The SMILES string of the molecule is COC(=O)Cc1sc(F)c(N2C(=O)OC(=C(C)C)C2=O)c1Cl. The summed E-state index contributed by atoms with van der Waals surface area (Å²) in [5.74, 6) is -1.58. The van der Waals surface area contributed by atoms with Gasteiger partial charge in [0.2, 0.25) is 5.13 Å². The average Bonchev–Trinajstić information content (AvgIpc) is 2.88. The van der Waals surface area contributed by atoms with E-state index in [0.717, 1.165) is 0 Å². The first-order valence-corrected chi connectivity index (χ1v) is 7.24. The number of nitrogens with zero attached hydrogens (tertiary/aromatic N) is 1. The van der Waals surface area contributed by atoms with Crippen molar-refractivity contribution in [1.29, 1.82) is 0 Å². The van der Waals surface area contributed by atoms with Crippen LogP contribution in [0.5, 0.6) is 0 Å². The summed E-state index contributed by atoms with van der Waals surface area (Å²) < 4.78 is 23.4. The number of hydrogen-bond donors (Lipinski definition) is 0. The second kappa shape index (κ2) is 6.05. The molecule has 22 heavy (non-hydrogen) atoms. The molecule has 1 aliphatic heterocycles. The lowest BCUT2D eigenvalue weighted by Crippen LogP contribution is -2.29. The molecule has 0 N–H and O–H groups in total. The molecule has 0 aliphatic carbocycles. The van der Waals surface area contributed by atoms with E-state index in [1.165, 1.54) is 7.11 Å². The van der Waals surface area contributed by atoms with E-state index in [4.69, 9.17) is 16.3 Å². The van der Waals surface area contributed by atoms with E-state index in [0.29, 0.717) is 21.8 Å². The van der Waals surface area contributed by atoms with Crippen LogP contribution in [0.15, 0.2) is 11.3 Å². The number of carbonyl (C=O) groups is 3. The number of carbonyl (C=O) groups excluding carboxylic acids is 3. The predicted molar refractivity (Wildman–Crippen MR) is 77.3 cm³/mol. The van der Waals surface area contributed by atoms with Crippen molar-refractivity contribution in [2.75, 3.05) is 12.0 Å². The first kappa shape index (κ1) is 16.4. The lowest BCUT2D eigenvalue weighted by Gasteiger charge is -2.09. The number of esters is 1. The molecule has 1 aromatic rings. The number of halogens is 2. The molecule has 0 bridgehead atoms. The van der Waals surface area contributed by atoms with Crippen molar-refractivity contribution in [3.05, 3.63) is 26.4 Å². The highest BCUT2D eigenvalue weighted by atomic mass is 35.5. The molecule has 0 unspecified atom stereocenters. The number of methoxy groups -OCH3 is 1. The summed E-state index contributed by atoms with van der Waals surface area (Å²) in [5.41, 5.74) is 0.0687. The zero-order valence-corrected chi connectivity index (χ0v) is 13.4. The van der Waals surface area contributed by atoms with Crippen LogP contribution in [0.2, 0.25) is 5.02 Å². The summed E-state index contributed by atoms with van der Waals surface area (Å²) in [6, 6.07) is 0. The Morgan fingerprint density at radius 2 is 2.05 bits per heavy atom. The van der Waals surface area contributed by atoms with Crippen molar-refractivity contribution >= 4 is 46.6 Å². The van der Waals surface area contributed by atoms with E-state index in [-0.39, 0.29) is 22.1 Å². The van der Waals surface area contributed by atoms with Crippen molar-refractivity contribution in [3.8, 4) is 0 Å². The van der Waals surface area contributed by atoms with E-state index in [9.17, 15) is 18.8 Å². The van der Waals surface area contributed by atoms with E-state index in [1.807, 2.05) is 0 Å². The average molecular weight is 348 g/mol. The Balaban J connectivity index is 2.46. The summed E-state index contributed by atoms with van der Waals surface area (Å²) in [4.78, 5) is 35.9. The zero-order chi connectivity index (χ0) is 16.6. The summed E-state index contributed by atoms with van der Waals surface area (Å²) in [5, 5.41) is -1.04. The first-order valence-electron chi connectivity index (χ1n) is 6.05. The summed E-state index contributed by atoms with van der Waals surface area (Å²) in [7, 11) is 1.18. The number of cyclic esters (lactones) is 1. The number of anilines is 1. The first-order chi connectivity index (χ1) is 10.3. The summed E-state index contributed by atoms with van der Waals surface area (Å²) in [6.07, 6.45) is -1.30. The quantitative estimate of drug-likeness (QED) is 0.620. The van der Waals surface area contributed by atoms with Gasteiger partial charge in [0, 0.05) is 4.88 Å². The maximum Gasteiger partial charge on any atom is 0.427 e. The molecule has 6 nitrogen and oxygen atoms in total. The highest BCUT2D eigenvalue weighted by molar-refractivity contribution is 7.11. The van der Waals surface area contributed by atoms with Crippen molar-refractivity contribution in [3.63, 3.8) is 0 Å². The van der Waals surface area contributed by atoms with Crippen LogP contribution in [0.3, 0.4) is 0 Å². The van der Waals surface area contributed by atoms with Gasteiger partial charge in [-0.25, -0.2) is 9.69 Å². The topological polar surface area (TPSA) is 72.9 Å². The number of ether oxygens (including phenoxy) is 2.